The Kier molecular flexibility index (Phi) is 3.80. The number of hydrogen-bond donors (Lipinski definition) is 0. The molecule has 3 atom stereocenters. The van der Waals surface area contributed by atoms with Crippen LogP contribution in [-0.2, 0) is 9.53 Å². The lowest BCUT2D eigenvalue weighted by molar-refractivity contribution is -0.141. The Hall–Kier alpha value is -2.28. The summed E-state index contributed by atoms with van der Waals surface area (Å²) in [5.41, 5.74) is 0.633. The van der Waals surface area contributed by atoms with Crippen LogP contribution in [0.3, 0.4) is 0 Å². The molecule has 1 amide bonds. The maximum Gasteiger partial charge on any atom is 0.246 e. The van der Waals surface area contributed by atoms with Crippen molar-refractivity contribution in [2.45, 2.75) is 25.4 Å². The van der Waals surface area contributed by atoms with E-state index in [9.17, 15) is 9.18 Å². The number of aryl methyl sites for hydroxylation is 1. The smallest absolute Gasteiger partial charge is 0.246 e. The zero-order chi connectivity index (χ0) is 16.7. The lowest BCUT2D eigenvalue weighted by Gasteiger charge is -2.31. The van der Waals surface area contributed by atoms with Crippen molar-refractivity contribution in [1.29, 1.82) is 0 Å². The SMILES string of the molecule is Cc1nnc([C@@H]2CN(C(=O)[C@H]3C[C@@H]3c3ccccc3F)CCO2)o1. The molecule has 0 N–H and O–H groups in total. The van der Waals surface area contributed by atoms with Gasteiger partial charge in [0, 0.05) is 19.4 Å². The van der Waals surface area contributed by atoms with Crippen molar-refractivity contribution in [3.63, 3.8) is 0 Å². The number of nitrogens with zero attached hydrogens (tertiary/aromatic N) is 3. The predicted molar refractivity (Wildman–Crippen MR) is 81.6 cm³/mol. The Bertz CT molecular complexity index is 763. The molecule has 7 heteroatoms. The van der Waals surface area contributed by atoms with Crippen molar-refractivity contribution in [3.8, 4) is 0 Å². The van der Waals surface area contributed by atoms with Gasteiger partial charge in [0.1, 0.15) is 5.82 Å². The minimum absolute atomic E-state index is 0.0226. The molecule has 0 radical (unpaired) electrons. The molecule has 1 aliphatic heterocycles. The summed E-state index contributed by atoms with van der Waals surface area (Å²) in [5.74, 6) is 0.507. The Balaban J connectivity index is 1.43. The van der Waals surface area contributed by atoms with Gasteiger partial charge in [0.25, 0.3) is 0 Å². The van der Waals surface area contributed by atoms with Gasteiger partial charge in [-0.05, 0) is 24.0 Å². The lowest BCUT2D eigenvalue weighted by atomic mass is 10.1. The number of amides is 1. The van der Waals surface area contributed by atoms with Crippen LogP contribution < -0.4 is 0 Å². The zero-order valence-corrected chi connectivity index (χ0v) is 13.3. The number of rotatable bonds is 3. The van der Waals surface area contributed by atoms with Gasteiger partial charge in [-0.1, -0.05) is 18.2 Å². The van der Waals surface area contributed by atoms with Crippen LogP contribution in [-0.4, -0.2) is 40.7 Å². The van der Waals surface area contributed by atoms with Gasteiger partial charge in [-0.2, -0.15) is 0 Å². The molecule has 1 aliphatic carbocycles. The van der Waals surface area contributed by atoms with E-state index in [1.54, 1.807) is 30.0 Å². The third-order valence-corrected chi connectivity index (χ3v) is 4.61. The minimum atomic E-state index is -0.394. The van der Waals surface area contributed by atoms with E-state index in [1.165, 1.54) is 6.07 Å². The first-order valence-corrected chi connectivity index (χ1v) is 8.08. The van der Waals surface area contributed by atoms with Crippen LogP contribution in [0.4, 0.5) is 4.39 Å². The molecule has 24 heavy (non-hydrogen) atoms. The van der Waals surface area contributed by atoms with Crippen LogP contribution in [0.5, 0.6) is 0 Å². The van der Waals surface area contributed by atoms with E-state index >= 15 is 0 Å². The monoisotopic (exact) mass is 331 g/mol. The topological polar surface area (TPSA) is 68.5 Å². The Morgan fingerprint density at radius 1 is 1.33 bits per heavy atom. The Labute approximate surface area is 138 Å². The number of hydrogen-bond acceptors (Lipinski definition) is 5. The van der Waals surface area contributed by atoms with Crippen LogP contribution in [0.2, 0.25) is 0 Å². The van der Waals surface area contributed by atoms with Crippen molar-refractivity contribution >= 4 is 5.91 Å². The highest BCUT2D eigenvalue weighted by molar-refractivity contribution is 5.83. The van der Waals surface area contributed by atoms with Crippen molar-refractivity contribution in [2.24, 2.45) is 5.92 Å². The maximum atomic E-state index is 13.9. The number of halogens is 1. The van der Waals surface area contributed by atoms with Gasteiger partial charge < -0.3 is 14.1 Å². The van der Waals surface area contributed by atoms with E-state index in [2.05, 4.69) is 10.2 Å². The van der Waals surface area contributed by atoms with Gasteiger partial charge in [0.05, 0.1) is 13.2 Å². The molecular weight excluding hydrogens is 313 g/mol. The second-order valence-electron chi connectivity index (χ2n) is 6.27. The number of carbonyl (C=O) groups excluding carboxylic acids is 1. The lowest BCUT2D eigenvalue weighted by Crippen LogP contribution is -2.43. The fourth-order valence-corrected chi connectivity index (χ4v) is 3.26. The molecule has 0 unspecified atom stereocenters. The summed E-state index contributed by atoms with van der Waals surface area (Å²) in [6.45, 7) is 3.06. The summed E-state index contributed by atoms with van der Waals surface area (Å²) in [6, 6.07) is 6.67. The standard InChI is InChI=1S/C17H18FN3O3/c1-10-19-20-16(24-10)15-9-21(6-7-23-15)17(22)13-8-12(13)11-4-2-3-5-14(11)18/h2-5,12-13,15H,6-9H2,1H3/t12-,13+,15+/m1/s1. The van der Waals surface area contributed by atoms with Crippen molar-refractivity contribution < 1.29 is 18.3 Å². The highest BCUT2D eigenvalue weighted by atomic mass is 19.1. The second kappa shape index (κ2) is 5.98. The predicted octanol–water partition coefficient (Wildman–Crippen LogP) is 2.22. The largest absolute Gasteiger partial charge is 0.423 e. The van der Waals surface area contributed by atoms with Gasteiger partial charge in [-0.25, -0.2) is 4.39 Å². The second-order valence-corrected chi connectivity index (χ2v) is 6.27. The van der Waals surface area contributed by atoms with Crippen LogP contribution in [0.25, 0.3) is 0 Å². The third kappa shape index (κ3) is 2.80. The van der Waals surface area contributed by atoms with E-state index in [0.717, 1.165) is 0 Å². The summed E-state index contributed by atoms with van der Waals surface area (Å²) in [5, 5.41) is 7.77. The Morgan fingerprint density at radius 2 is 2.17 bits per heavy atom. The van der Waals surface area contributed by atoms with Crippen molar-refractivity contribution in [3.05, 3.63) is 47.4 Å². The fourth-order valence-electron chi connectivity index (χ4n) is 3.26. The first-order chi connectivity index (χ1) is 11.6. The average Bonchev–Trinajstić information content (AvgIpc) is 3.27. The molecule has 2 heterocycles. The summed E-state index contributed by atoms with van der Waals surface area (Å²) in [4.78, 5) is 14.5. The molecule has 4 rings (SSSR count). The summed E-state index contributed by atoms with van der Waals surface area (Å²) < 4.78 is 24.9. The number of aromatic nitrogens is 2. The van der Waals surface area contributed by atoms with Gasteiger partial charge >= 0.3 is 0 Å². The van der Waals surface area contributed by atoms with Gasteiger partial charge in [-0.3, -0.25) is 4.79 Å². The molecule has 1 saturated carbocycles. The molecule has 6 nitrogen and oxygen atoms in total. The summed E-state index contributed by atoms with van der Waals surface area (Å²) >= 11 is 0. The van der Waals surface area contributed by atoms with E-state index in [-0.39, 0.29) is 23.6 Å². The molecule has 126 valence electrons. The van der Waals surface area contributed by atoms with E-state index in [1.807, 2.05) is 0 Å². The average molecular weight is 331 g/mol. The third-order valence-electron chi connectivity index (χ3n) is 4.61. The van der Waals surface area contributed by atoms with E-state index < -0.39 is 6.10 Å². The molecule has 1 aromatic heterocycles. The molecule has 0 bridgehead atoms. The van der Waals surface area contributed by atoms with E-state index in [4.69, 9.17) is 9.15 Å². The van der Waals surface area contributed by atoms with Crippen LogP contribution in [0, 0.1) is 18.7 Å². The van der Waals surface area contributed by atoms with Crippen LogP contribution in [0.15, 0.2) is 28.7 Å². The quantitative estimate of drug-likeness (QED) is 0.863. The molecule has 2 aromatic rings. The maximum absolute atomic E-state index is 13.9. The number of benzene rings is 1. The normalized spacial score (nSPS) is 26.4. The van der Waals surface area contributed by atoms with Crippen molar-refractivity contribution in [1.82, 2.24) is 15.1 Å². The molecule has 1 aromatic carbocycles. The molecule has 2 fully saturated rings. The van der Waals surface area contributed by atoms with Crippen molar-refractivity contribution in [2.75, 3.05) is 19.7 Å². The molecule has 2 aliphatic rings. The highest BCUT2D eigenvalue weighted by Gasteiger charge is 2.47. The summed E-state index contributed by atoms with van der Waals surface area (Å²) in [6.07, 6.45) is 0.302. The first kappa shape index (κ1) is 15.3. The van der Waals surface area contributed by atoms with Crippen LogP contribution in [0.1, 0.15) is 35.8 Å². The molecule has 0 spiro atoms. The van der Waals surface area contributed by atoms with E-state index in [0.29, 0.717) is 43.5 Å². The molecule has 1 saturated heterocycles. The summed E-state index contributed by atoms with van der Waals surface area (Å²) in [7, 11) is 0. The number of morpholine rings is 1. The highest BCUT2D eigenvalue weighted by Crippen LogP contribution is 2.49. The molecular formula is C17H18FN3O3. The zero-order valence-electron chi connectivity index (χ0n) is 13.3. The number of ether oxygens (including phenoxy) is 1. The fraction of sp³-hybridized carbons (Fsp3) is 0.471. The first-order valence-electron chi connectivity index (χ1n) is 8.08. The van der Waals surface area contributed by atoms with Gasteiger partial charge in [-0.15, -0.1) is 10.2 Å². The van der Waals surface area contributed by atoms with Crippen LogP contribution >= 0.6 is 0 Å². The Morgan fingerprint density at radius 3 is 2.92 bits per heavy atom. The minimum Gasteiger partial charge on any atom is -0.423 e. The van der Waals surface area contributed by atoms with Gasteiger partial charge in [0.15, 0.2) is 6.10 Å². The van der Waals surface area contributed by atoms with Gasteiger partial charge in [0.2, 0.25) is 17.7 Å². The number of carbonyl (C=O) groups is 1.